The number of rotatable bonds is 6. The maximum Gasteiger partial charge on any atom is 0.179 e. The van der Waals surface area contributed by atoms with Crippen molar-refractivity contribution < 1.29 is 9.90 Å². The number of carbonyl (C=O) groups is 1. The molecule has 0 bridgehead atoms. The van der Waals surface area contributed by atoms with E-state index in [1.54, 1.807) is 0 Å². The van der Waals surface area contributed by atoms with Gasteiger partial charge < -0.3 is 5.11 Å². The van der Waals surface area contributed by atoms with Crippen molar-refractivity contribution in [3.8, 4) is 0 Å². The predicted octanol–water partition coefficient (Wildman–Crippen LogP) is 2.58. The zero-order valence-corrected chi connectivity index (χ0v) is 12.6. The second-order valence-electron chi connectivity index (χ2n) is 5.39. The number of hydrogen-bond donors (Lipinski definition) is 1. The second-order valence-corrected chi connectivity index (χ2v) is 5.39. The molecule has 1 aromatic carbocycles. The third-order valence-corrected chi connectivity index (χ3v) is 3.69. The van der Waals surface area contributed by atoms with E-state index in [1.165, 1.54) is 5.56 Å². The Labute approximate surface area is 116 Å². The molecule has 1 N–H and O–H groups in total. The van der Waals surface area contributed by atoms with Crippen molar-refractivity contribution in [3.63, 3.8) is 0 Å². The molecule has 0 aliphatic rings. The number of hydrogen-bond acceptors (Lipinski definition) is 3. The highest BCUT2D eigenvalue weighted by molar-refractivity contribution is 6.00. The summed E-state index contributed by atoms with van der Waals surface area (Å²) in [5.74, 6) is 0.116. The third-order valence-electron chi connectivity index (χ3n) is 3.69. The van der Waals surface area contributed by atoms with Gasteiger partial charge in [0.15, 0.2) is 5.78 Å². The Morgan fingerprint density at radius 3 is 2.32 bits per heavy atom. The van der Waals surface area contributed by atoms with Gasteiger partial charge in [-0.05, 0) is 51.8 Å². The van der Waals surface area contributed by atoms with E-state index < -0.39 is 0 Å². The maximum absolute atomic E-state index is 12.5. The molecule has 1 atom stereocenters. The first-order valence-electron chi connectivity index (χ1n) is 6.86. The molecule has 19 heavy (non-hydrogen) atoms. The van der Waals surface area contributed by atoms with Crippen LogP contribution in [0.4, 0.5) is 0 Å². The summed E-state index contributed by atoms with van der Waals surface area (Å²) in [5, 5.41) is 9.11. The molecule has 0 saturated carbocycles. The van der Waals surface area contributed by atoms with E-state index in [2.05, 4.69) is 0 Å². The van der Waals surface area contributed by atoms with Crippen molar-refractivity contribution in [3.05, 3.63) is 34.9 Å². The normalized spacial score (nSPS) is 13.1. The Morgan fingerprint density at radius 2 is 1.84 bits per heavy atom. The predicted molar refractivity (Wildman–Crippen MR) is 78.6 cm³/mol. The van der Waals surface area contributed by atoms with Crippen LogP contribution in [0.1, 0.15) is 42.3 Å². The topological polar surface area (TPSA) is 40.5 Å². The van der Waals surface area contributed by atoms with Gasteiger partial charge in [-0.25, -0.2) is 0 Å². The molecule has 0 heterocycles. The molecule has 0 fully saturated rings. The van der Waals surface area contributed by atoms with Crippen LogP contribution in [0.3, 0.4) is 0 Å². The first-order valence-corrected chi connectivity index (χ1v) is 6.86. The fraction of sp³-hybridized carbons (Fsp3) is 0.562. The molecule has 0 aliphatic carbocycles. The number of Topliss-reactive ketones (excluding diaryl/α,β-unsaturated/α-hetero) is 1. The third kappa shape index (κ3) is 3.88. The van der Waals surface area contributed by atoms with E-state index in [1.807, 2.05) is 57.7 Å². The average molecular weight is 263 g/mol. The van der Waals surface area contributed by atoms with Gasteiger partial charge in [-0.15, -0.1) is 0 Å². The van der Waals surface area contributed by atoms with Gasteiger partial charge in [0, 0.05) is 18.2 Å². The number of aryl methyl sites for hydroxylation is 2. The number of aliphatic hydroxyl groups is 1. The molecule has 0 radical (unpaired) electrons. The smallest absolute Gasteiger partial charge is 0.179 e. The lowest BCUT2D eigenvalue weighted by Crippen LogP contribution is -2.44. The summed E-state index contributed by atoms with van der Waals surface area (Å²) in [5.41, 5.74) is 3.08. The first-order chi connectivity index (χ1) is 8.88. The van der Waals surface area contributed by atoms with Crippen LogP contribution >= 0.6 is 0 Å². The lowest BCUT2D eigenvalue weighted by Gasteiger charge is -2.31. The van der Waals surface area contributed by atoms with Gasteiger partial charge in [0.25, 0.3) is 0 Å². The van der Waals surface area contributed by atoms with Crippen molar-refractivity contribution in [1.82, 2.24) is 4.90 Å². The molecule has 0 amide bonds. The quantitative estimate of drug-likeness (QED) is 0.802. The highest BCUT2D eigenvalue weighted by Crippen LogP contribution is 2.15. The van der Waals surface area contributed by atoms with Crippen LogP contribution in [0.2, 0.25) is 0 Å². The summed E-state index contributed by atoms with van der Waals surface area (Å²) in [6.07, 6.45) is 0. The minimum atomic E-state index is -0.214. The van der Waals surface area contributed by atoms with Gasteiger partial charge in [-0.2, -0.15) is 0 Å². The van der Waals surface area contributed by atoms with E-state index >= 15 is 0 Å². The fourth-order valence-electron chi connectivity index (χ4n) is 2.30. The summed E-state index contributed by atoms with van der Waals surface area (Å²) in [6.45, 7) is 10.6. The van der Waals surface area contributed by atoms with Crippen molar-refractivity contribution >= 4 is 5.78 Å². The van der Waals surface area contributed by atoms with Crippen LogP contribution in [0.15, 0.2) is 18.2 Å². The molecule has 0 spiro atoms. The lowest BCUT2D eigenvalue weighted by atomic mass is 9.99. The Bertz CT molecular complexity index is 440. The molecule has 3 nitrogen and oxygen atoms in total. The van der Waals surface area contributed by atoms with E-state index in [0.29, 0.717) is 6.54 Å². The summed E-state index contributed by atoms with van der Waals surface area (Å²) in [7, 11) is 0. The number of ketones is 1. The lowest BCUT2D eigenvalue weighted by molar-refractivity contribution is 0.0743. The monoisotopic (exact) mass is 263 g/mol. The van der Waals surface area contributed by atoms with Crippen molar-refractivity contribution in [2.45, 2.75) is 46.7 Å². The molecule has 1 rings (SSSR count). The Hall–Kier alpha value is -1.19. The molecule has 1 unspecified atom stereocenters. The minimum absolute atomic E-state index is 0.0721. The summed E-state index contributed by atoms with van der Waals surface area (Å²) in [4.78, 5) is 14.5. The molecule has 0 aromatic heterocycles. The zero-order valence-electron chi connectivity index (χ0n) is 12.6. The second kappa shape index (κ2) is 6.83. The van der Waals surface area contributed by atoms with Crippen LogP contribution in [-0.4, -0.2) is 41.0 Å². The Kier molecular flexibility index (Phi) is 5.70. The van der Waals surface area contributed by atoms with Crippen LogP contribution in [-0.2, 0) is 0 Å². The molecule has 1 aromatic rings. The number of benzene rings is 1. The van der Waals surface area contributed by atoms with Crippen molar-refractivity contribution in [1.29, 1.82) is 0 Å². The minimum Gasteiger partial charge on any atom is -0.395 e. The molecule has 3 heteroatoms. The zero-order chi connectivity index (χ0) is 14.6. The number of nitrogens with zero attached hydrogens (tertiary/aromatic N) is 1. The summed E-state index contributed by atoms with van der Waals surface area (Å²) in [6, 6.07) is 5.84. The van der Waals surface area contributed by atoms with E-state index in [4.69, 9.17) is 5.11 Å². The van der Waals surface area contributed by atoms with Gasteiger partial charge in [0.1, 0.15) is 0 Å². The summed E-state index contributed by atoms with van der Waals surface area (Å²) < 4.78 is 0. The molecule has 0 aliphatic heterocycles. The van der Waals surface area contributed by atoms with Crippen LogP contribution in [0.25, 0.3) is 0 Å². The van der Waals surface area contributed by atoms with E-state index in [0.717, 1.165) is 11.1 Å². The van der Waals surface area contributed by atoms with Crippen LogP contribution < -0.4 is 0 Å². The molecular formula is C16H25NO2. The van der Waals surface area contributed by atoms with Crippen LogP contribution in [0, 0.1) is 13.8 Å². The van der Waals surface area contributed by atoms with Crippen LogP contribution in [0.5, 0.6) is 0 Å². The highest BCUT2D eigenvalue weighted by Gasteiger charge is 2.24. The Morgan fingerprint density at radius 1 is 1.21 bits per heavy atom. The van der Waals surface area contributed by atoms with Gasteiger partial charge in [0.05, 0.1) is 12.6 Å². The SMILES string of the molecule is Cc1ccc(C(=O)C(C)N(CCO)C(C)C)cc1C. The van der Waals surface area contributed by atoms with Crippen molar-refractivity contribution in [2.24, 2.45) is 0 Å². The summed E-state index contributed by atoms with van der Waals surface area (Å²) >= 11 is 0. The standard InChI is InChI=1S/C16H25NO2/c1-11(2)17(8-9-18)14(5)16(19)15-7-6-12(3)13(4)10-15/h6-7,10-11,14,18H,8-9H2,1-5H3. The maximum atomic E-state index is 12.5. The van der Waals surface area contributed by atoms with Gasteiger partial charge in [-0.1, -0.05) is 12.1 Å². The Balaban J connectivity index is 2.94. The largest absolute Gasteiger partial charge is 0.395 e. The highest BCUT2D eigenvalue weighted by atomic mass is 16.3. The first kappa shape index (κ1) is 15.9. The fourth-order valence-corrected chi connectivity index (χ4v) is 2.30. The molecule has 106 valence electrons. The van der Waals surface area contributed by atoms with Gasteiger partial charge >= 0.3 is 0 Å². The number of aliphatic hydroxyl groups excluding tert-OH is 1. The van der Waals surface area contributed by atoms with Gasteiger partial charge in [0.2, 0.25) is 0 Å². The molecule has 0 saturated heterocycles. The van der Waals surface area contributed by atoms with Crippen molar-refractivity contribution in [2.75, 3.05) is 13.2 Å². The van der Waals surface area contributed by atoms with E-state index in [9.17, 15) is 4.79 Å². The van der Waals surface area contributed by atoms with E-state index in [-0.39, 0.29) is 24.5 Å². The van der Waals surface area contributed by atoms with Gasteiger partial charge in [-0.3, -0.25) is 9.69 Å². The number of carbonyl (C=O) groups excluding carboxylic acids is 1. The molecular weight excluding hydrogens is 238 g/mol. The average Bonchev–Trinajstić information content (AvgIpc) is 2.37.